The first-order chi connectivity index (χ1) is 8.04. The van der Waals surface area contributed by atoms with E-state index < -0.39 is 24.4 Å². The van der Waals surface area contributed by atoms with E-state index in [4.69, 9.17) is 9.84 Å². The van der Waals surface area contributed by atoms with Gasteiger partial charge in [0.2, 0.25) is 0 Å². The summed E-state index contributed by atoms with van der Waals surface area (Å²) in [5.41, 5.74) is -0.339. The molecule has 1 N–H and O–H groups in total. The highest BCUT2D eigenvalue weighted by molar-refractivity contribution is 5.91. The summed E-state index contributed by atoms with van der Waals surface area (Å²) in [4.78, 5) is 21.8. The molecule has 92 valence electrons. The molecule has 0 aliphatic heterocycles. The molecule has 0 amide bonds. The van der Waals surface area contributed by atoms with Crippen LogP contribution < -0.4 is 4.74 Å². The number of carboxylic acid groups (broad SMARTS) is 1. The average molecular weight is 242 g/mol. The van der Waals surface area contributed by atoms with Gasteiger partial charge in [0.15, 0.2) is 6.61 Å². The topological polar surface area (TPSA) is 72.8 Å². The van der Waals surface area contributed by atoms with Gasteiger partial charge in [0, 0.05) is 0 Å². The fraction of sp³-hybridized carbons (Fsp3) is 0.273. The number of carbonyl (C=O) groups excluding carboxylic acids is 1. The molecule has 1 aromatic rings. The van der Waals surface area contributed by atoms with E-state index in [2.05, 4.69) is 4.74 Å². The van der Waals surface area contributed by atoms with Crippen molar-refractivity contribution in [2.75, 3.05) is 13.2 Å². The van der Waals surface area contributed by atoms with Crippen molar-refractivity contribution in [3.63, 3.8) is 0 Å². The highest BCUT2D eigenvalue weighted by atomic mass is 19.1. The van der Waals surface area contributed by atoms with Gasteiger partial charge in [0.05, 0.1) is 6.61 Å². The number of benzene rings is 1. The first-order valence-electron chi connectivity index (χ1n) is 4.86. The minimum Gasteiger partial charge on any atom is -0.481 e. The molecule has 6 heteroatoms. The van der Waals surface area contributed by atoms with E-state index in [1.165, 1.54) is 0 Å². The highest BCUT2D eigenvalue weighted by Gasteiger charge is 2.14. The van der Waals surface area contributed by atoms with E-state index in [9.17, 15) is 14.0 Å². The second-order valence-electron chi connectivity index (χ2n) is 3.04. The lowest BCUT2D eigenvalue weighted by Crippen LogP contribution is -2.16. The van der Waals surface area contributed by atoms with Crippen LogP contribution >= 0.6 is 0 Å². The van der Waals surface area contributed by atoms with Gasteiger partial charge in [-0.1, -0.05) is 0 Å². The van der Waals surface area contributed by atoms with Crippen LogP contribution in [0.1, 0.15) is 17.3 Å². The van der Waals surface area contributed by atoms with Crippen LogP contribution in [0, 0.1) is 5.82 Å². The summed E-state index contributed by atoms with van der Waals surface area (Å²) in [5.74, 6) is -2.71. The molecule has 0 spiro atoms. The number of carbonyl (C=O) groups is 2. The minimum atomic E-state index is -1.33. The van der Waals surface area contributed by atoms with Gasteiger partial charge in [-0.25, -0.2) is 14.0 Å². The third kappa shape index (κ3) is 3.75. The quantitative estimate of drug-likeness (QED) is 0.791. The van der Waals surface area contributed by atoms with Crippen molar-refractivity contribution in [1.29, 1.82) is 0 Å². The number of aromatic carboxylic acids is 1. The first kappa shape index (κ1) is 13.0. The molecule has 0 unspecified atom stereocenters. The summed E-state index contributed by atoms with van der Waals surface area (Å²) in [6.45, 7) is 1.43. The number of hydrogen-bond donors (Lipinski definition) is 1. The van der Waals surface area contributed by atoms with Crippen LogP contribution in [0.4, 0.5) is 4.39 Å². The van der Waals surface area contributed by atoms with E-state index in [0.29, 0.717) is 0 Å². The number of ether oxygens (including phenoxy) is 2. The van der Waals surface area contributed by atoms with Gasteiger partial charge in [-0.05, 0) is 25.1 Å². The van der Waals surface area contributed by atoms with Crippen molar-refractivity contribution in [3.05, 3.63) is 29.6 Å². The summed E-state index contributed by atoms with van der Waals surface area (Å²) in [6, 6.07) is 3.02. The Morgan fingerprint density at radius 1 is 1.41 bits per heavy atom. The van der Waals surface area contributed by atoms with Crippen molar-refractivity contribution in [2.45, 2.75) is 6.92 Å². The molecular formula is C11H11FO5. The van der Waals surface area contributed by atoms with Gasteiger partial charge in [0.25, 0.3) is 0 Å². The lowest BCUT2D eigenvalue weighted by molar-refractivity contribution is -0.145. The summed E-state index contributed by atoms with van der Waals surface area (Å²) in [5, 5.41) is 8.80. The molecular weight excluding hydrogens is 231 g/mol. The number of carboxylic acids is 1. The predicted octanol–water partition coefficient (Wildman–Crippen LogP) is 1.47. The second-order valence-corrected chi connectivity index (χ2v) is 3.04. The molecule has 0 aromatic heterocycles. The van der Waals surface area contributed by atoms with Crippen LogP contribution in [0.5, 0.6) is 5.75 Å². The minimum absolute atomic E-state index is 0.0769. The summed E-state index contributed by atoms with van der Waals surface area (Å²) >= 11 is 0. The van der Waals surface area contributed by atoms with Crippen molar-refractivity contribution < 1.29 is 28.6 Å². The highest BCUT2D eigenvalue weighted by Crippen LogP contribution is 2.19. The fourth-order valence-electron chi connectivity index (χ4n) is 1.13. The van der Waals surface area contributed by atoms with Crippen LogP contribution in [-0.2, 0) is 9.53 Å². The Kier molecular flexibility index (Phi) is 4.45. The zero-order chi connectivity index (χ0) is 12.8. The molecule has 0 saturated heterocycles. The molecule has 0 fully saturated rings. The molecule has 1 aromatic carbocycles. The zero-order valence-electron chi connectivity index (χ0n) is 9.10. The lowest BCUT2D eigenvalue weighted by atomic mass is 10.2. The van der Waals surface area contributed by atoms with Crippen LogP contribution in [-0.4, -0.2) is 30.3 Å². The maximum absolute atomic E-state index is 12.8. The number of rotatable bonds is 5. The summed E-state index contributed by atoms with van der Waals surface area (Å²) < 4.78 is 22.4. The van der Waals surface area contributed by atoms with Crippen LogP contribution in [0.25, 0.3) is 0 Å². The van der Waals surface area contributed by atoms with Crippen LogP contribution in [0.15, 0.2) is 18.2 Å². The molecule has 0 bridgehead atoms. The smallest absolute Gasteiger partial charge is 0.344 e. The molecule has 0 aliphatic carbocycles. The summed E-state index contributed by atoms with van der Waals surface area (Å²) in [6.07, 6.45) is 0. The van der Waals surface area contributed by atoms with E-state index >= 15 is 0 Å². The Morgan fingerprint density at radius 2 is 2.12 bits per heavy atom. The SMILES string of the molecule is CCOC(=O)COc1ccc(F)cc1C(=O)O. The monoisotopic (exact) mass is 242 g/mol. The summed E-state index contributed by atoms with van der Waals surface area (Å²) in [7, 11) is 0. The maximum Gasteiger partial charge on any atom is 0.344 e. The van der Waals surface area contributed by atoms with Gasteiger partial charge in [0.1, 0.15) is 17.1 Å². The molecule has 0 aliphatic rings. The average Bonchev–Trinajstić information content (AvgIpc) is 2.27. The number of esters is 1. The molecule has 0 radical (unpaired) electrons. The van der Waals surface area contributed by atoms with E-state index in [1.54, 1.807) is 6.92 Å². The Bertz CT molecular complexity index is 430. The maximum atomic E-state index is 12.8. The van der Waals surface area contributed by atoms with E-state index in [1.807, 2.05) is 0 Å². The lowest BCUT2D eigenvalue weighted by Gasteiger charge is -2.08. The Morgan fingerprint density at radius 3 is 2.71 bits per heavy atom. The Labute approximate surface area is 96.8 Å². The third-order valence-corrected chi connectivity index (χ3v) is 1.82. The Hall–Kier alpha value is -2.11. The fourth-order valence-corrected chi connectivity index (χ4v) is 1.13. The van der Waals surface area contributed by atoms with Gasteiger partial charge in [-0.15, -0.1) is 0 Å². The zero-order valence-corrected chi connectivity index (χ0v) is 9.10. The molecule has 1 rings (SSSR count). The molecule has 17 heavy (non-hydrogen) atoms. The molecule has 0 atom stereocenters. The first-order valence-corrected chi connectivity index (χ1v) is 4.86. The number of halogens is 1. The van der Waals surface area contributed by atoms with Crippen molar-refractivity contribution in [2.24, 2.45) is 0 Å². The standard InChI is InChI=1S/C11H11FO5/c1-2-16-10(13)6-17-9-4-3-7(12)5-8(9)11(14)15/h3-5H,2,6H2,1H3,(H,14,15). The van der Waals surface area contributed by atoms with Crippen molar-refractivity contribution in [1.82, 2.24) is 0 Å². The van der Waals surface area contributed by atoms with Gasteiger partial charge in [-0.2, -0.15) is 0 Å². The molecule has 0 saturated carbocycles. The van der Waals surface area contributed by atoms with Gasteiger partial charge < -0.3 is 14.6 Å². The van der Waals surface area contributed by atoms with Crippen molar-refractivity contribution in [3.8, 4) is 5.75 Å². The third-order valence-electron chi connectivity index (χ3n) is 1.82. The van der Waals surface area contributed by atoms with Gasteiger partial charge >= 0.3 is 11.9 Å². The second kappa shape index (κ2) is 5.83. The van der Waals surface area contributed by atoms with Gasteiger partial charge in [-0.3, -0.25) is 0 Å². The van der Waals surface area contributed by atoms with Crippen molar-refractivity contribution >= 4 is 11.9 Å². The van der Waals surface area contributed by atoms with E-state index in [-0.39, 0.29) is 17.9 Å². The largest absolute Gasteiger partial charge is 0.481 e. The van der Waals surface area contributed by atoms with Crippen LogP contribution in [0.3, 0.4) is 0 Å². The van der Waals surface area contributed by atoms with E-state index in [0.717, 1.165) is 18.2 Å². The molecule has 5 nitrogen and oxygen atoms in total. The number of hydrogen-bond acceptors (Lipinski definition) is 4. The molecule has 0 heterocycles. The Balaban J connectivity index is 2.77. The predicted molar refractivity (Wildman–Crippen MR) is 55.5 cm³/mol. The van der Waals surface area contributed by atoms with Crippen LogP contribution in [0.2, 0.25) is 0 Å². The normalized spacial score (nSPS) is 9.76.